The van der Waals surface area contributed by atoms with Crippen LogP contribution >= 0.6 is 0 Å². The fourth-order valence-corrected chi connectivity index (χ4v) is 1.02. The van der Waals surface area contributed by atoms with Crippen molar-refractivity contribution in [1.29, 1.82) is 0 Å². The molecule has 0 heterocycles. The fraction of sp³-hybridized carbons (Fsp3) is 0.667. The van der Waals surface area contributed by atoms with E-state index in [9.17, 15) is 14.4 Å². The average Bonchev–Trinajstić information content (AvgIpc) is 2.23. The van der Waals surface area contributed by atoms with Crippen molar-refractivity contribution >= 4 is 17.8 Å². The number of hydrogen-bond donors (Lipinski definition) is 2. The Hall–Kier alpha value is -1.63. The van der Waals surface area contributed by atoms with Gasteiger partial charge in [0, 0.05) is 13.5 Å². The maximum atomic E-state index is 11.1. The summed E-state index contributed by atoms with van der Waals surface area (Å²) in [4.78, 5) is 32.9. The lowest BCUT2D eigenvalue weighted by Crippen LogP contribution is -2.45. The Morgan fingerprint density at radius 3 is 2.38 bits per heavy atom. The Bertz CT molecular complexity index is 267. The lowest BCUT2D eigenvalue weighted by molar-refractivity contribution is -0.141. The van der Waals surface area contributed by atoms with E-state index in [1.807, 2.05) is 0 Å². The highest BCUT2D eigenvalue weighted by Gasteiger charge is 2.19. The molecule has 2 amide bonds. The average molecular weight is 232 g/mol. The number of nitrogens with two attached hydrogens (primary N) is 1. The number of rotatable bonds is 7. The van der Waals surface area contributed by atoms with Gasteiger partial charge in [0.25, 0.3) is 0 Å². The van der Waals surface area contributed by atoms with Crippen molar-refractivity contribution in [2.75, 3.05) is 20.8 Å². The zero-order valence-electron chi connectivity index (χ0n) is 9.32. The number of amides is 2. The quantitative estimate of drug-likeness (QED) is 0.522. The van der Waals surface area contributed by atoms with Crippen LogP contribution in [-0.4, -0.2) is 44.7 Å². The lowest BCUT2D eigenvalue weighted by Gasteiger charge is -2.14. The summed E-state index contributed by atoms with van der Waals surface area (Å²) in [5.41, 5.74) is 5.06. The van der Waals surface area contributed by atoms with Gasteiger partial charge in [-0.25, -0.2) is 0 Å². The highest BCUT2D eigenvalue weighted by Crippen LogP contribution is 1.98. The van der Waals surface area contributed by atoms with Gasteiger partial charge in [0.1, 0.15) is 12.6 Å². The monoisotopic (exact) mass is 232 g/mol. The molecule has 7 nitrogen and oxygen atoms in total. The number of nitrogens with one attached hydrogen (secondary N) is 1. The maximum absolute atomic E-state index is 11.1. The van der Waals surface area contributed by atoms with E-state index in [2.05, 4.69) is 14.8 Å². The number of esters is 1. The van der Waals surface area contributed by atoms with Crippen LogP contribution in [0.3, 0.4) is 0 Å². The van der Waals surface area contributed by atoms with Gasteiger partial charge < -0.3 is 20.5 Å². The summed E-state index contributed by atoms with van der Waals surface area (Å²) >= 11 is 0. The molecule has 0 aliphatic rings. The summed E-state index contributed by atoms with van der Waals surface area (Å²) in [6.45, 7) is -0.165. The number of carbonyl (C=O) groups is 3. The van der Waals surface area contributed by atoms with E-state index < -0.39 is 23.8 Å². The Morgan fingerprint density at radius 2 is 1.94 bits per heavy atom. The normalized spacial score (nSPS) is 11.6. The number of hydrogen-bond acceptors (Lipinski definition) is 5. The molecule has 0 aliphatic heterocycles. The van der Waals surface area contributed by atoms with E-state index in [0.717, 1.165) is 0 Å². The van der Waals surface area contributed by atoms with Gasteiger partial charge in [-0.3, -0.25) is 14.4 Å². The van der Waals surface area contributed by atoms with Gasteiger partial charge in [-0.15, -0.1) is 0 Å². The molecular weight excluding hydrogens is 216 g/mol. The van der Waals surface area contributed by atoms with Gasteiger partial charge in [0.15, 0.2) is 0 Å². The third-order valence-corrected chi connectivity index (χ3v) is 1.82. The summed E-state index contributed by atoms with van der Waals surface area (Å²) in [6, 6.07) is -0.887. The molecule has 0 aromatic carbocycles. The Kier molecular flexibility index (Phi) is 6.86. The molecule has 0 bridgehead atoms. The summed E-state index contributed by atoms with van der Waals surface area (Å²) in [5, 5.41) is 2.35. The van der Waals surface area contributed by atoms with Crippen molar-refractivity contribution in [3.63, 3.8) is 0 Å². The molecule has 0 unspecified atom stereocenters. The molecule has 0 aromatic rings. The molecule has 0 saturated heterocycles. The van der Waals surface area contributed by atoms with Crippen LogP contribution in [0.4, 0.5) is 0 Å². The molecule has 0 saturated carbocycles. The molecule has 3 N–H and O–H groups in total. The summed E-state index contributed by atoms with van der Waals surface area (Å²) in [7, 11) is 2.60. The first kappa shape index (κ1) is 14.4. The van der Waals surface area contributed by atoms with Gasteiger partial charge >= 0.3 is 5.97 Å². The predicted octanol–water partition coefficient (Wildman–Crippen LogP) is -1.44. The van der Waals surface area contributed by atoms with Gasteiger partial charge in [-0.2, -0.15) is 0 Å². The Labute approximate surface area is 93.3 Å². The molecule has 0 spiro atoms. The van der Waals surface area contributed by atoms with Crippen molar-refractivity contribution in [2.45, 2.75) is 18.9 Å². The summed E-state index contributed by atoms with van der Waals surface area (Å²) in [6.07, 6.45) is 0.120. The van der Waals surface area contributed by atoms with Crippen LogP contribution in [0.25, 0.3) is 0 Å². The molecule has 0 rings (SSSR count). The minimum atomic E-state index is -0.887. The predicted molar refractivity (Wildman–Crippen MR) is 54.3 cm³/mol. The van der Waals surface area contributed by atoms with E-state index >= 15 is 0 Å². The first-order valence-corrected chi connectivity index (χ1v) is 4.65. The second-order valence-electron chi connectivity index (χ2n) is 3.07. The zero-order valence-corrected chi connectivity index (χ0v) is 9.32. The van der Waals surface area contributed by atoms with Crippen LogP contribution in [0.1, 0.15) is 12.8 Å². The lowest BCUT2D eigenvalue weighted by atomic mass is 10.1. The molecule has 0 aromatic heterocycles. The molecule has 0 radical (unpaired) electrons. The number of methoxy groups -OCH3 is 2. The summed E-state index contributed by atoms with van der Waals surface area (Å²) < 4.78 is 8.98. The van der Waals surface area contributed by atoms with E-state index in [1.165, 1.54) is 14.2 Å². The zero-order chi connectivity index (χ0) is 12.6. The van der Waals surface area contributed by atoms with Crippen LogP contribution in [0.15, 0.2) is 0 Å². The Morgan fingerprint density at radius 1 is 1.31 bits per heavy atom. The standard InChI is InChI=1S/C9H16N2O5/c1-15-5-7(12)11-6(9(10)14)3-4-8(13)16-2/h6H,3-5H2,1-2H3,(H2,10,14)(H,11,12)/t6-/m1/s1. The SMILES string of the molecule is COCC(=O)N[C@H](CCC(=O)OC)C(N)=O. The van der Waals surface area contributed by atoms with Gasteiger partial charge in [0.05, 0.1) is 7.11 Å². The fourth-order valence-electron chi connectivity index (χ4n) is 1.02. The van der Waals surface area contributed by atoms with Crippen LogP contribution in [0.5, 0.6) is 0 Å². The molecule has 92 valence electrons. The third-order valence-electron chi connectivity index (χ3n) is 1.82. The third kappa shape index (κ3) is 5.97. The van der Waals surface area contributed by atoms with Gasteiger partial charge in [0.2, 0.25) is 11.8 Å². The molecule has 0 fully saturated rings. The van der Waals surface area contributed by atoms with Crippen molar-refractivity contribution in [3.8, 4) is 0 Å². The first-order valence-electron chi connectivity index (χ1n) is 4.65. The van der Waals surface area contributed by atoms with Crippen molar-refractivity contribution in [2.24, 2.45) is 5.73 Å². The number of ether oxygens (including phenoxy) is 2. The van der Waals surface area contributed by atoms with Crippen LogP contribution in [0, 0.1) is 0 Å². The molecule has 7 heteroatoms. The topological polar surface area (TPSA) is 108 Å². The number of carbonyl (C=O) groups excluding carboxylic acids is 3. The highest BCUT2D eigenvalue weighted by atomic mass is 16.5. The smallest absolute Gasteiger partial charge is 0.305 e. The van der Waals surface area contributed by atoms with Crippen molar-refractivity contribution in [1.82, 2.24) is 5.32 Å². The van der Waals surface area contributed by atoms with E-state index in [-0.39, 0.29) is 19.4 Å². The number of primary amides is 1. The largest absolute Gasteiger partial charge is 0.469 e. The molecule has 16 heavy (non-hydrogen) atoms. The van der Waals surface area contributed by atoms with Crippen LogP contribution in [0.2, 0.25) is 0 Å². The first-order chi connectivity index (χ1) is 7.51. The van der Waals surface area contributed by atoms with Crippen molar-refractivity contribution in [3.05, 3.63) is 0 Å². The summed E-state index contributed by atoms with van der Waals surface area (Å²) in [5.74, 6) is -1.63. The molecular formula is C9H16N2O5. The van der Waals surface area contributed by atoms with E-state index in [0.29, 0.717) is 0 Å². The second kappa shape index (κ2) is 7.63. The Balaban J connectivity index is 4.12. The van der Waals surface area contributed by atoms with Crippen LogP contribution < -0.4 is 11.1 Å². The van der Waals surface area contributed by atoms with E-state index in [4.69, 9.17) is 5.73 Å². The van der Waals surface area contributed by atoms with Crippen molar-refractivity contribution < 1.29 is 23.9 Å². The van der Waals surface area contributed by atoms with Gasteiger partial charge in [-0.1, -0.05) is 0 Å². The molecule has 0 aliphatic carbocycles. The van der Waals surface area contributed by atoms with Crippen LogP contribution in [-0.2, 0) is 23.9 Å². The molecule has 1 atom stereocenters. The minimum Gasteiger partial charge on any atom is -0.469 e. The second-order valence-corrected chi connectivity index (χ2v) is 3.07. The minimum absolute atomic E-state index is 0.0113. The van der Waals surface area contributed by atoms with E-state index in [1.54, 1.807) is 0 Å². The maximum Gasteiger partial charge on any atom is 0.305 e. The van der Waals surface area contributed by atoms with Gasteiger partial charge in [-0.05, 0) is 6.42 Å². The highest BCUT2D eigenvalue weighted by molar-refractivity contribution is 5.87.